The highest BCUT2D eigenvalue weighted by molar-refractivity contribution is 6.48. The van der Waals surface area contributed by atoms with E-state index in [0.717, 1.165) is 24.3 Å². The van der Waals surface area contributed by atoms with Crippen LogP contribution in [-0.4, -0.2) is 30.6 Å². The number of Topliss-reactive ketones (excluding diaryl/α,β-unsaturated/α-hetero) is 1. The maximum absolute atomic E-state index is 14.9. The van der Waals surface area contributed by atoms with E-state index >= 15 is 0 Å². The van der Waals surface area contributed by atoms with Gasteiger partial charge in [-0.05, 0) is 42.3 Å². The van der Waals surface area contributed by atoms with Crippen LogP contribution in [0, 0.1) is 12.8 Å². The lowest BCUT2D eigenvalue weighted by Crippen LogP contribution is -2.37. The minimum absolute atomic E-state index is 0.0376. The molecular weight excluding hydrogens is 574 g/mol. The molecule has 2 aromatic carbocycles. The molecule has 202 valence electrons. The first-order valence-electron chi connectivity index (χ1n) is 10.5. The van der Waals surface area contributed by atoms with E-state index in [0.29, 0.717) is 6.08 Å². The van der Waals surface area contributed by atoms with Gasteiger partial charge in [-0.1, -0.05) is 53.9 Å². The number of allylic oxidation sites excluding steroid dienone is 1. The second kappa shape index (κ2) is 12.0. The van der Waals surface area contributed by atoms with Gasteiger partial charge in [-0.2, -0.15) is 26.3 Å². The third kappa shape index (κ3) is 8.61. The van der Waals surface area contributed by atoms with Crippen molar-refractivity contribution in [1.82, 2.24) is 5.32 Å². The summed E-state index contributed by atoms with van der Waals surface area (Å²) in [5, 5.41) is 1.04. The lowest BCUT2D eigenvalue weighted by Gasteiger charge is -2.19. The number of amides is 1. The Morgan fingerprint density at radius 1 is 1.00 bits per heavy atom. The normalized spacial score (nSPS) is 14.3. The highest BCUT2D eigenvalue weighted by Crippen LogP contribution is 2.42. The molecule has 37 heavy (non-hydrogen) atoms. The minimum Gasteiger partial charge on any atom is -0.347 e. The van der Waals surface area contributed by atoms with E-state index in [2.05, 4.69) is 0 Å². The van der Waals surface area contributed by atoms with E-state index in [9.17, 15) is 40.3 Å². The van der Waals surface area contributed by atoms with Crippen LogP contribution in [0.1, 0.15) is 46.3 Å². The maximum atomic E-state index is 14.9. The summed E-state index contributed by atoms with van der Waals surface area (Å²) in [4.78, 5) is 24.4. The van der Waals surface area contributed by atoms with Gasteiger partial charge >= 0.3 is 12.4 Å². The number of carbonyl (C=O) groups excluding carboxylic acids is 2. The zero-order valence-corrected chi connectivity index (χ0v) is 21.4. The number of alkyl halides is 6. The second-order valence-corrected chi connectivity index (χ2v) is 9.42. The first-order chi connectivity index (χ1) is 16.9. The van der Waals surface area contributed by atoms with Gasteiger partial charge < -0.3 is 5.32 Å². The van der Waals surface area contributed by atoms with Crippen LogP contribution in [0.5, 0.6) is 0 Å². The number of ketones is 1. The van der Waals surface area contributed by atoms with Crippen LogP contribution in [-0.2, 0) is 4.79 Å². The molecule has 1 amide bonds. The zero-order chi connectivity index (χ0) is 28.3. The average molecular weight is 593 g/mol. The summed E-state index contributed by atoms with van der Waals surface area (Å²) < 4.78 is 92.9. The van der Waals surface area contributed by atoms with Gasteiger partial charge in [0.25, 0.3) is 0 Å². The molecule has 0 aliphatic rings. The molecule has 0 aliphatic heterocycles. The van der Waals surface area contributed by atoms with Crippen molar-refractivity contribution in [3.8, 4) is 0 Å². The Labute approximate surface area is 222 Å². The first kappa shape index (κ1) is 30.9. The largest absolute Gasteiger partial charge is 0.405 e. The zero-order valence-electron chi connectivity index (χ0n) is 19.1. The Morgan fingerprint density at radius 3 is 2.05 bits per heavy atom. The van der Waals surface area contributed by atoms with Crippen molar-refractivity contribution in [2.75, 3.05) is 6.54 Å². The summed E-state index contributed by atoms with van der Waals surface area (Å²) >= 11 is 17.4. The number of rotatable bonds is 8. The van der Waals surface area contributed by atoms with E-state index in [-0.39, 0.29) is 31.8 Å². The molecule has 0 bridgehead atoms. The highest BCUT2D eigenvalue weighted by Gasteiger charge is 2.40. The van der Waals surface area contributed by atoms with E-state index in [1.165, 1.54) is 19.9 Å². The summed E-state index contributed by atoms with van der Waals surface area (Å²) in [5.74, 6) is -6.34. The van der Waals surface area contributed by atoms with Crippen molar-refractivity contribution in [1.29, 1.82) is 0 Å². The third-order valence-electron chi connectivity index (χ3n) is 5.24. The molecule has 0 saturated heterocycles. The fourth-order valence-electron chi connectivity index (χ4n) is 3.34. The minimum atomic E-state index is -4.91. The van der Waals surface area contributed by atoms with Gasteiger partial charge in [0, 0.05) is 23.5 Å². The first-order valence-corrected chi connectivity index (χ1v) is 11.6. The lowest BCUT2D eigenvalue weighted by molar-refractivity contribution is -0.140. The lowest BCUT2D eigenvalue weighted by atomic mass is 9.93. The standard InChI is InChI=1S/C24H19Cl3F7NO2/c1-11-5-13(3-4-15(11)20(36)6-12(2)22(37)35-10-23(29,30)31)19(28)9-16(24(32,33)34)14-7-17(25)21(27)18(26)8-14/h3-5,7-9,12,16H,6,10H2,1-2H3,(H,35,37)/b19-9-/t12-,16?/m0/s1. The number of hydrogen-bond acceptors (Lipinski definition) is 2. The molecule has 2 atom stereocenters. The predicted molar refractivity (Wildman–Crippen MR) is 128 cm³/mol. The van der Waals surface area contributed by atoms with Crippen LogP contribution < -0.4 is 5.32 Å². The molecule has 3 nitrogen and oxygen atoms in total. The van der Waals surface area contributed by atoms with Crippen molar-refractivity contribution < 1.29 is 40.3 Å². The van der Waals surface area contributed by atoms with Gasteiger partial charge in [-0.25, -0.2) is 4.39 Å². The summed E-state index contributed by atoms with van der Waals surface area (Å²) in [6.45, 7) is 1.12. The van der Waals surface area contributed by atoms with E-state index in [1.54, 1.807) is 5.32 Å². The molecule has 0 heterocycles. The molecule has 0 aromatic heterocycles. The van der Waals surface area contributed by atoms with E-state index in [4.69, 9.17) is 34.8 Å². The van der Waals surface area contributed by atoms with Gasteiger partial charge in [0.05, 0.1) is 15.1 Å². The molecule has 0 aliphatic carbocycles. The Morgan fingerprint density at radius 2 is 1.57 bits per heavy atom. The van der Waals surface area contributed by atoms with Crippen molar-refractivity contribution in [2.45, 2.75) is 38.5 Å². The Balaban J connectivity index is 2.27. The molecule has 2 rings (SSSR count). The highest BCUT2D eigenvalue weighted by atomic mass is 35.5. The van der Waals surface area contributed by atoms with E-state index < -0.39 is 60.2 Å². The molecule has 1 N–H and O–H groups in total. The summed E-state index contributed by atoms with van der Waals surface area (Å²) in [6, 6.07) is 5.24. The number of nitrogens with one attached hydrogen (secondary N) is 1. The van der Waals surface area contributed by atoms with Gasteiger partial charge in [0.2, 0.25) is 5.91 Å². The number of benzene rings is 2. The van der Waals surface area contributed by atoms with Crippen LogP contribution in [0.15, 0.2) is 36.4 Å². The van der Waals surface area contributed by atoms with Crippen LogP contribution in [0.2, 0.25) is 15.1 Å². The van der Waals surface area contributed by atoms with Crippen LogP contribution >= 0.6 is 34.8 Å². The van der Waals surface area contributed by atoms with Gasteiger partial charge in [0.1, 0.15) is 18.3 Å². The monoisotopic (exact) mass is 591 g/mol. The third-order valence-corrected chi connectivity index (χ3v) is 6.43. The topological polar surface area (TPSA) is 46.2 Å². The Kier molecular flexibility index (Phi) is 10.1. The Bertz CT molecular complexity index is 1190. The molecule has 13 heteroatoms. The van der Waals surface area contributed by atoms with Crippen molar-refractivity contribution in [3.05, 3.63) is 73.7 Å². The van der Waals surface area contributed by atoms with Crippen molar-refractivity contribution in [2.24, 2.45) is 5.92 Å². The Hall–Kier alpha value is -2.30. The van der Waals surface area contributed by atoms with E-state index in [1.807, 2.05) is 0 Å². The molecule has 2 aromatic rings. The number of carbonyl (C=O) groups is 2. The van der Waals surface area contributed by atoms with Gasteiger partial charge in [-0.15, -0.1) is 0 Å². The molecule has 1 unspecified atom stereocenters. The smallest absolute Gasteiger partial charge is 0.347 e. The number of halogens is 10. The fraction of sp³-hybridized carbons (Fsp3) is 0.333. The summed E-state index contributed by atoms with van der Waals surface area (Å²) in [6.07, 6.45) is -9.62. The predicted octanol–water partition coefficient (Wildman–Crippen LogP) is 8.50. The molecule has 0 fully saturated rings. The van der Waals surface area contributed by atoms with Crippen molar-refractivity contribution >= 4 is 52.3 Å². The molecular formula is C24H19Cl3F7NO2. The van der Waals surface area contributed by atoms with Gasteiger partial charge in [0.15, 0.2) is 5.78 Å². The summed E-state index contributed by atoms with van der Waals surface area (Å²) in [5.41, 5.74) is -0.473. The average Bonchev–Trinajstić information content (AvgIpc) is 2.77. The molecule has 0 saturated carbocycles. The number of hydrogen-bond donors (Lipinski definition) is 1. The maximum Gasteiger partial charge on any atom is 0.405 e. The fourth-order valence-corrected chi connectivity index (χ4v) is 3.96. The SMILES string of the molecule is Cc1cc(/C(F)=C/C(c2cc(Cl)c(Cl)c(Cl)c2)C(F)(F)F)ccc1C(=O)C[C@H](C)C(=O)NCC(F)(F)F. The summed E-state index contributed by atoms with van der Waals surface area (Å²) in [7, 11) is 0. The molecule has 0 radical (unpaired) electrons. The van der Waals surface area contributed by atoms with Gasteiger partial charge in [-0.3, -0.25) is 9.59 Å². The van der Waals surface area contributed by atoms with Crippen molar-refractivity contribution in [3.63, 3.8) is 0 Å². The quantitative estimate of drug-likeness (QED) is 0.190. The number of aryl methyl sites for hydroxylation is 1. The molecule has 0 spiro atoms. The van der Waals surface area contributed by atoms with Crippen LogP contribution in [0.4, 0.5) is 30.7 Å². The van der Waals surface area contributed by atoms with Crippen LogP contribution in [0.3, 0.4) is 0 Å². The van der Waals surface area contributed by atoms with Crippen LogP contribution in [0.25, 0.3) is 5.83 Å². The second-order valence-electron chi connectivity index (χ2n) is 8.22.